The molecule has 6 heteroatoms. The van der Waals surface area contributed by atoms with Crippen LogP contribution in [-0.2, 0) is 14.3 Å². The molecule has 27 heavy (non-hydrogen) atoms. The lowest BCUT2D eigenvalue weighted by molar-refractivity contribution is -0.160. The van der Waals surface area contributed by atoms with E-state index in [4.69, 9.17) is 27.9 Å². The molecule has 0 aromatic heterocycles. The molecule has 4 bridgehead atoms. The van der Waals surface area contributed by atoms with E-state index in [2.05, 4.69) is 5.32 Å². The number of anilines is 1. The molecule has 4 nitrogen and oxygen atoms in total. The van der Waals surface area contributed by atoms with Crippen LogP contribution in [0.5, 0.6) is 0 Å². The topological polar surface area (TPSA) is 55.4 Å². The lowest BCUT2D eigenvalue weighted by Crippen LogP contribution is -2.47. The Labute approximate surface area is 169 Å². The number of ether oxygens (including phenoxy) is 1. The second kappa shape index (κ2) is 7.29. The van der Waals surface area contributed by atoms with Crippen molar-refractivity contribution in [3.63, 3.8) is 0 Å². The van der Waals surface area contributed by atoms with E-state index in [0.717, 1.165) is 37.0 Å². The molecule has 0 saturated heterocycles. The van der Waals surface area contributed by atoms with Crippen LogP contribution in [0.1, 0.15) is 51.9 Å². The highest BCUT2D eigenvalue weighted by atomic mass is 35.5. The lowest BCUT2D eigenvalue weighted by Gasteiger charge is -2.56. The summed E-state index contributed by atoms with van der Waals surface area (Å²) < 4.78 is 5.47. The van der Waals surface area contributed by atoms with E-state index in [9.17, 15) is 9.59 Å². The van der Waals surface area contributed by atoms with Crippen LogP contribution >= 0.6 is 23.2 Å². The minimum atomic E-state index is -0.874. The summed E-state index contributed by atoms with van der Waals surface area (Å²) in [6.45, 7) is 1.59. The lowest BCUT2D eigenvalue weighted by atomic mass is 9.49. The number of nitrogens with one attached hydrogen (secondary N) is 1. The Morgan fingerprint density at radius 3 is 2.33 bits per heavy atom. The van der Waals surface area contributed by atoms with Crippen LogP contribution in [0.2, 0.25) is 10.0 Å². The highest BCUT2D eigenvalue weighted by Gasteiger charge is 2.51. The highest BCUT2D eigenvalue weighted by molar-refractivity contribution is 6.35. The molecule has 1 unspecified atom stereocenters. The molecule has 4 aliphatic rings. The predicted octanol–water partition coefficient (Wildman–Crippen LogP) is 5.47. The smallest absolute Gasteiger partial charge is 0.307 e. The molecule has 1 aromatic rings. The van der Waals surface area contributed by atoms with Crippen molar-refractivity contribution in [1.29, 1.82) is 0 Å². The number of rotatable bonds is 5. The first-order chi connectivity index (χ1) is 12.8. The van der Waals surface area contributed by atoms with Crippen molar-refractivity contribution in [3.05, 3.63) is 28.2 Å². The molecular weight excluding hydrogens is 385 g/mol. The molecule has 4 aliphatic carbocycles. The molecule has 1 aromatic carbocycles. The van der Waals surface area contributed by atoms with Crippen LogP contribution in [0.4, 0.5) is 5.69 Å². The molecule has 146 valence electrons. The molecule has 1 N–H and O–H groups in total. The number of carbonyl (C=O) groups is 2. The summed E-state index contributed by atoms with van der Waals surface area (Å²) in [5.74, 6) is 1.69. The summed E-state index contributed by atoms with van der Waals surface area (Å²) in [7, 11) is 0. The van der Waals surface area contributed by atoms with Crippen molar-refractivity contribution in [2.45, 2.75) is 58.0 Å². The first kappa shape index (κ1) is 19.1. The molecule has 5 rings (SSSR count). The van der Waals surface area contributed by atoms with Gasteiger partial charge in [-0.25, -0.2) is 0 Å². The van der Waals surface area contributed by atoms with Crippen LogP contribution in [0.15, 0.2) is 18.2 Å². The van der Waals surface area contributed by atoms with Crippen molar-refractivity contribution < 1.29 is 14.3 Å². The van der Waals surface area contributed by atoms with E-state index < -0.39 is 12.0 Å². The Morgan fingerprint density at radius 2 is 1.74 bits per heavy atom. The summed E-state index contributed by atoms with van der Waals surface area (Å²) in [6.07, 6.45) is 7.02. The summed E-state index contributed by atoms with van der Waals surface area (Å²) >= 11 is 12.0. The molecule has 4 saturated carbocycles. The summed E-state index contributed by atoms with van der Waals surface area (Å²) in [5.41, 5.74) is 0.524. The molecule has 4 fully saturated rings. The Hall–Kier alpha value is -1.26. The number of hydrogen-bond acceptors (Lipinski definition) is 3. The van der Waals surface area contributed by atoms with E-state index in [-0.39, 0.29) is 11.4 Å². The van der Waals surface area contributed by atoms with Gasteiger partial charge in [-0.3, -0.25) is 9.59 Å². The van der Waals surface area contributed by atoms with Crippen molar-refractivity contribution in [2.24, 2.45) is 23.2 Å². The zero-order valence-electron chi connectivity index (χ0n) is 15.5. The van der Waals surface area contributed by atoms with E-state index in [1.54, 1.807) is 25.1 Å². The van der Waals surface area contributed by atoms with Gasteiger partial charge in [-0.05, 0) is 86.8 Å². The van der Waals surface area contributed by atoms with E-state index in [1.807, 2.05) is 0 Å². The third kappa shape index (κ3) is 4.12. The van der Waals surface area contributed by atoms with Gasteiger partial charge in [0.15, 0.2) is 6.10 Å². The number of hydrogen-bond donors (Lipinski definition) is 1. The van der Waals surface area contributed by atoms with Crippen LogP contribution in [0.3, 0.4) is 0 Å². The Bertz CT molecular complexity index is 729. The van der Waals surface area contributed by atoms with Crippen molar-refractivity contribution in [1.82, 2.24) is 0 Å². The van der Waals surface area contributed by atoms with Gasteiger partial charge in [-0.15, -0.1) is 0 Å². The quantitative estimate of drug-likeness (QED) is 0.655. The standard InChI is InChI=1S/C21H25Cl2NO3/c1-12(20(26)24-18-7-16(22)2-3-17(18)23)27-19(25)11-21-8-13-4-14(9-21)6-15(5-13)10-21/h2-3,7,12-15H,4-6,8-11H2,1H3,(H,24,26). The van der Waals surface area contributed by atoms with Crippen molar-refractivity contribution in [3.8, 4) is 0 Å². The molecule has 1 atom stereocenters. The number of amides is 1. The Morgan fingerprint density at radius 1 is 1.15 bits per heavy atom. The Kier molecular flexibility index (Phi) is 5.15. The maximum atomic E-state index is 12.6. The first-order valence-electron chi connectivity index (χ1n) is 9.77. The summed E-state index contributed by atoms with van der Waals surface area (Å²) in [5, 5.41) is 3.55. The fourth-order valence-corrected chi connectivity index (χ4v) is 6.27. The number of benzene rings is 1. The maximum Gasteiger partial charge on any atom is 0.307 e. The van der Waals surface area contributed by atoms with Gasteiger partial charge >= 0.3 is 5.97 Å². The van der Waals surface area contributed by atoms with Gasteiger partial charge in [-0.1, -0.05) is 23.2 Å². The third-order valence-electron chi connectivity index (χ3n) is 6.55. The molecule has 0 aliphatic heterocycles. The van der Waals surface area contributed by atoms with Gasteiger partial charge in [-0.2, -0.15) is 0 Å². The van der Waals surface area contributed by atoms with Crippen molar-refractivity contribution in [2.75, 3.05) is 5.32 Å². The molecule has 1 amide bonds. The fourth-order valence-electron chi connectivity index (χ4n) is 5.93. The average Bonchev–Trinajstić information content (AvgIpc) is 2.56. The third-order valence-corrected chi connectivity index (χ3v) is 7.11. The fraction of sp³-hybridized carbons (Fsp3) is 0.619. The monoisotopic (exact) mass is 409 g/mol. The number of esters is 1. The van der Waals surface area contributed by atoms with Crippen LogP contribution in [0.25, 0.3) is 0 Å². The molecule has 0 spiro atoms. The number of carbonyl (C=O) groups excluding carboxylic acids is 2. The minimum absolute atomic E-state index is 0.109. The van der Waals surface area contributed by atoms with E-state index >= 15 is 0 Å². The molecule has 0 radical (unpaired) electrons. The SMILES string of the molecule is CC(OC(=O)CC12CC3CC(CC(C3)C1)C2)C(=O)Nc1cc(Cl)ccc1Cl. The zero-order chi connectivity index (χ0) is 19.2. The Balaban J connectivity index is 1.34. The first-order valence-corrected chi connectivity index (χ1v) is 10.5. The molecule has 0 heterocycles. The average molecular weight is 410 g/mol. The predicted molar refractivity (Wildman–Crippen MR) is 106 cm³/mol. The summed E-state index contributed by atoms with van der Waals surface area (Å²) in [6, 6.07) is 4.84. The molecular formula is C21H25Cl2NO3. The largest absolute Gasteiger partial charge is 0.453 e. The van der Waals surface area contributed by atoms with Gasteiger partial charge in [0.1, 0.15) is 0 Å². The number of halogens is 2. The van der Waals surface area contributed by atoms with Crippen LogP contribution in [0, 0.1) is 23.2 Å². The van der Waals surface area contributed by atoms with Crippen LogP contribution in [-0.4, -0.2) is 18.0 Å². The van der Waals surface area contributed by atoms with Gasteiger partial charge < -0.3 is 10.1 Å². The summed E-state index contributed by atoms with van der Waals surface area (Å²) in [4.78, 5) is 25.0. The van der Waals surface area contributed by atoms with Gasteiger partial charge in [0, 0.05) is 5.02 Å². The normalized spacial score (nSPS) is 32.2. The van der Waals surface area contributed by atoms with Gasteiger partial charge in [0.05, 0.1) is 17.1 Å². The zero-order valence-corrected chi connectivity index (χ0v) is 17.0. The van der Waals surface area contributed by atoms with Gasteiger partial charge in [0.2, 0.25) is 0 Å². The second-order valence-corrected chi connectivity index (χ2v) is 9.68. The van der Waals surface area contributed by atoms with E-state index in [0.29, 0.717) is 22.2 Å². The van der Waals surface area contributed by atoms with Crippen molar-refractivity contribution >= 4 is 40.8 Å². The second-order valence-electron chi connectivity index (χ2n) is 8.84. The van der Waals surface area contributed by atoms with Crippen LogP contribution < -0.4 is 5.32 Å². The van der Waals surface area contributed by atoms with Gasteiger partial charge in [0.25, 0.3) is 5.91 Å². The minimum Gasteiger partial charge on any atom is -0.453 e. The van der Waals surface area contributed by atoms with E-state index in [1.165, 1.54) is 19.3 Å². The maximum absolute atomic E-state index is 12.6. The highest BCUT2D eigenvalue weighted by Crippen LogP contribution is 2.61.